The van der Waals surface area contributed by atoms with Crippen LogP contribution in [0.5, 0.6) is 0 Å². The van der Waals surface area contributed by atoms with Gasteiger partial charge < -0.3 is 4.90 Å². The van der Waals surface area contributed by atoms with E-state index in [1.807, 2.05) is 36.4 Å². The predicted molar refractivity (Wildman–Crippen MR) is 150 cm³/mol. The average Bonchev–Trinajstić information content (AvgIpc) is 2.94. The third-order valence-corrected chi connectivity index (χ3v) is 8.02. The molecule has 0 aliphatic carbocycles. The maximum absolute atomic E-state index is 13.9. The lowest BCUT2D eigenvalue weighted by Gasteiger charge is -2.35. The highest BCUT2D eigenvalue weighted by Crippen LogP contribution is 2.33. The van der Waals surface area contributed by atoms with Crippen LogP contribution in [0.1, 0.15) is 35.2 Å². The zero-order chi connectivity index (χ0) is 25.6. The molecule has 2 aliphatic heterocycles. The number of hydrogen-bond acceptors (Lipinski definition) is 6. The number of nitro groups is 1. The van der Waals surface area contributed by atoms with E-state index < -0.39 is 4.92 Å². The van der Waals surface area contributed by atoms with Crippen LogP contribution in [0.4, 0.5) is 17.1 Å². The highest BCUT2D eigenvalue weighted by Gasteiger charge is 2.30. The van der Waals surface area contributed by atoms with E-state index in [0.29, 0.717) is 23.2 Å². The Labute approximate surface area is 221 Å². The number of piperidine rings is 1. The van der Waals surface area contributed by atoms with Crippen molar-refractivity contribution in [2.24, 2.45) is 10.9 Å². The van der Waals surface area contributed by atoms with E-state index in [1.165, 1.54) is 17.7 Å². The van der Waals surface area contributed by atoms with Crippen molar-refractivity contribution < 1.29 is 9.72 Å². The number of para-hydroxylation sites is 1. The minimum atomic E-state index is -0.434. The molecule has 7 nitrogen and oxygen atoms in total. The standard InChI is InChI=1S/C29H30N4O3S/c34-28(32-16-7-19-37-29(32)30-24-10-5-2-6-11-24)26-21-25(33(35)36)12-13-27(26)31-17-14-23(15-18-31)20-22-8-3-1-4-9-22/h1-6,8-13,21,23H,7,14-20H2. The SMILES string of the molecule is O=C(c1cc([N+](=O)[O-])ccc1N1CCC(Cc2ccccc2)CC1)N1CCCSC1=Nc1ccccc1. The van der Waals surface area contributed by atoms with Gasteiger partial charge in [0.15, 0.2) is 5.17 Å². The lowest BCUT2D eigenvalue weighted by atomic mass is 9.89. The van der Waals surface area contributed by atoms with Gasteiger partial charge in [-0.15, -0.1) is 0 Å². The second-order valence-corrected chi connectivity index (χ2v) is 10.5. The first kappa shape index (κ1) is 25.0. The van der Waals surface area contributed by atoms with E-state index in [2.05, 4.69) is 29.2 Å². The summed E-state index contributed by atoms with van der Waals surface area (Å²) in [6.07, 6.45) is 3.92. The number of benzene rings is 3. The third kappa shape index (κ3) is 6.02. The number of hydrogen-bond donors (Lipinski definition) is 0. The number of aliphatic imine (C=N–C) groups is 1. The van der Waals surface area contributed by atoms with Crippen molar-refractivity contribution in [3.05, 3.63) is 100 Å². The Kier molecular flexibility index (Phi) is 7.84. The summed E-state index contributed by atoms with van der Waals surface area (Å²) in [4.78, 5) is 33.7. The molecule has 2 heterocycles. The number of amides is 1. The van der Waals surface area contributed by atoms with E-state index in [9.17, 15) is 14.9 Å². The van der Waals surface area contributed by atoms with E-state index in [0.717, 1.165) is 55.9 Å². The maximum Gasteiger partial charge on any atom is 0.270 e. The molecule has 0 N–H and O–H groups in total. The number of carbonyl (C=O) groups is 1. The van der Waals surface area contributed by atoms with Crippen LogP contribution in [0.15, 0.2) is 83.9 Å². The van der Waals surface area contributed by atoms with Crippen LogP contribution in [0.25, 0.3) is 0 Å². The predicted octanol–water partition coefficient (Wildman–Crippen LogP) is 6.32. The summed E-state index contributed by atoms with van der Waals surface area (Å²) in [6.45, 7) is 2.17. The number of thioether (sulfide) groups is 1. The molecule has 0 unspecified atom stereocenters. The van der Waals surface area contributed by atoms with Crippen LogP contribution >= 0.6 is 11.8 Å². The molecule has 2 aliphatic rings. The average molecular weight is 515 g/mol. The monoisotopic (exact) mass is 514 g/mol. The quantitative estimate of drug-likeness (QED) is 0.284. The summed E-state index contributed by atoms with van der Waals surface area (Å²) in [5.74, 6) is 1.23. The molecule has 5 rings (SSSR count). The van der Waals surface area contributed by atoms with E-state index in [-0.39, 0.29) is 11.6 Å². The summed E-state index contributed by atoms with van der Waals surface area (Å²) >= 11 is 1.55. The molecule has 37 heavy (non-hydrogen) atoms. The Bertz CT molecular complexity index is 1270. The third-order valence-electron chi connectivity index (χ3n) is 6.96. The Morgan fingerprint density at radius 2 is 1.68 bits per heavy atom. The molecule has 0 atom stereocenters. The minimum Gasteiger partial charge on any atom is -0.371 e. The van der Waals surface area contributed by atoms with Gasteiger partial charge >= 0.3 is 0 Å². The number of non-ortho nitro benzene ring substituents is 1. The Hall–Kier alpha value is -3.65. The van der Waals surface area contributed by atoms with Gasteiger partial charge in [-0.05, 0) is 55.4 Å². The molecule has 190 valence electrons. The van der Waals surface area contributed by atoms with Crippen LogP contribution in [-0.2, 0) is 6.42 Å². The van der Waals surface area contributed by atoms with Crippen molar-refractivity contribution in [1.29, 1.82) is 0 Å². The second-order valence-electron chi connectivity index (χ2n) is 9.47. The molecule has 0 aromatic heterocycles. The summed E-state index contributed by atoms with van der Waals surface area (Å²) in [6, 6.07) is 24.8. The fourth-order valence-electron chi connectivity index (χ4n) is 5.01. The van der Waals surface area contributed by atoms with E-state index >= 15 is 0 Å². The van der Waals surface area contributed by atoms with Crippen LogP contribution in [0, 0.1) is 16.0 Å². The fourth-order valence-corrected chi connectivity index (χ4v) is 5.97. The normalized spacial score (nSPS) is 17.7. The van der Waals surface area contributed by atoms with Gasteiger partial charge in [0.1, 0.15) is 0 Å². The zero-order valence-corrected chi connectivity index (χ0v) is 21.5. The zero-order valence-electron chi connectivity index (χ0n) is 20.7. The van der Waals surface area contributed by atoms with Crippen molar-refractivity contribution in [1.82, 2.24) is 4.90 Å². The van der Waals surface area contributed by atoms with Gasteiger partial charge in [-0.25, -0.2) is 4.99 Å². The largest absolute Gasteiger partial charge is 0.371 e. The molecule has 1 amide bonds. The molecule has 3 aromatic carbocycles. The van der Waals surface area contributed by atoms with Crippen LogP contribution in [-0.4, -0.2) is 46.3 Å². The molecule has 0 radical (unpaired) electrons. The number of rotatable bonds is 6. The lowest BCUT2D eigenvalue weighted by molar-refractivity contribution is -0.384. The summed E-state index contributed by atoms with van der Waals surface area (Å²) < 4.78 is 0. The molecule has 0 saturated carbocycles. The smallest absolute Gasteiger partial charge is 0.270 e. The van der Waals surface area contributed by atoms with Gasteiger partial charge in [-0.2, -0.15) is 0 Å². The number of carbonyl (C=O) groups excluding carboxylic acids is 1. The first-order valence-corrected chi connectivity index (χ1v) is 13.7. The van der Waals surface area contributed by atoms with E-state index in [1.54, 1.807) is 22.7 Å². The van der Waals surface area contributed by atoms with Crippen molar-refractivity contribution in [3.8, 4) is 0 Å². The number of nitro benzene ring substituents is 1. The van der Waals surface area contributed by atoms with Crippen molar-refractivity contribution in [3.63, 3.8) is 0 Å². The number of nitrogens with zero attached hydrogens (tertiary/aromatic N) is 4. The van der Waals surface area contributed by atoms with Crippen LogP contribution in [0.2, 0.25) is 0 Å². The van der Waals surface area contributed by atoms with Gasteiger partial charge in [0.25, 0.3) is 11.6 Å². The van der Waals surface area contributed by atoms with Gasteiger partial charge in [-0.3, -0.25) is 19.8 Å². The first-order chi connectivity index (χ1) is 18.1. The van der Waals surface area contributed by atoms with Crippen molar-refractivity contribution in [2.75, 3.05) is 30.3 Å². The molecular formula is C29H30N4O3S. The van der Waals surface area contributed by atoms with Crippen molar-refractivity contribution in [2.45, 2.75) is 25.7 Å². The molecule has 2 fully saturated rings. The Morgan fingerprint density at radius 1 is 0.973 bits per heavy atom. The lowest BCUT2D eigenvalue weighted by Crippen LogP contribution is -2.41. The van der Waals surface area contributed by atoms with Crippen molar-refractivity contribution >= 4 is 39.9 Å². The minimum absolute atomic E-state index is 0.0720. The van der Waals surface area contributed by atoms with Crippen LogP contribution in [0.3, 0.4) is 0 Å². The Balaban J connectivity index is 1.39. The molecule has 2 saturated heterocycles. The van der Waals surface area contributed by atoms with Gasteiger partial charge in [0, 0.05) is 37.5 Å². The Morgan fingerprint density at radius 3 is 2.38 bits per heavy atom. The summed E-state index contributed by atoms with van der Waals surface area (Å²) in [5, 5.41) is 12.2. The first-order valence-electron chi connectivity index (χ1n) is 12.7. The number of amidine groups is 1. The molecular weight excluding hydrogens is 484 g/mol. The van der Waals surface area contributed by atoms with Gasteiger partial charge in [0.2, 0.25) is 0 Å². The van der Waals surface area contributed by atoms with Gasteiger partial charge in [-0.1, -0.05) is 60.3 Å². The molecule has 8 heteroatoms. The topological polar surface area (TPSA) is 79.0 Å². The molecule has 0 bridgehead atoms. The second kappa shape index (κ2) is 11.6. The summed E-state index contributed by atoms with van der Waals surface area (Å²) in [5.41, 5.74) is 3.20. The van der Waals surface area contributed by atoms with E-state index in [4.69, 9.17) is 4.99 Å². The summed E-state index contributed by atoms with van der Waals surface area (Å²) in [7, 11) is 0. The number of anilines is 1. The highest BCUT2D eigenvalue weighted by atomic mass is 32.2. The highest BCUT2D eigenvalue weighted by molar-refractivity contribution is 8.13. The van der Waals surface area contributed by atoms with Gasteiger partial charge in [0.05, 0.1) is 21.9 Å². The molecule has 0 spiro atoms. The maximum atomic E-state index is 13.9. The molecule has 3 aromatic rings. The fraction of sp³-hybridized carbons (Fsp3) is 0.310. The van der Waals surface area contributed by atoms with Crippen LogP contribution < -0.4 is 4.90 Å².